The van der Waals surface area contributed by atoms with Gasteiger partial charge in [-0.05, 0) is 25.1 Å². The van der Waals surface area contributed by atoms with Gasteiger partial charge in [0.2, 0.25) is 0 Å². The number of carbonyl (C=O) groups is 1. The molecule has 0 aromatic heterocycles. The number of carboxylic acid groups (broad SMARTS) is 1. The Morgan fingerprint density at radius 1 is 1.50 bits per heavy atom. The summed E-state index contributed by atoms with van der Waals surface area (Å²) in [6, 6.07) is 2.46. The van der Waals surface area contributed by atoms with Crippen LogP contribution >= 0.6 is 15.9 Å². The van der Waals surface area contributed by atoms with Gasteiger partial charge in [-0.25, -0.2) is 4.79 Å². The lowest BCUT2D eigenvalue weighted by molar-refractivity contribution is 0.0693. The van der Waals surface area contributed by atoms with Crippen LogP contribution < -0.4 is 11.5 Å². The van der Waals surface area contributed by atoms with Crippen molar-refractivity contribution in [1.82, 2.24) is 0 Å². The average molecular weight is 289 g/mol. The molecular weight excluding hydrogens is 276 g/mol. The molecule has 0 heterocycles. The number of hydrogen-bond donors (Lipinski definition) is 4. The second-order valence-corrected chi connectivity index (χ2v) is 4.30. The molecular formula is C10H13BrN2O3. The Morgan fingerprint density at radius 3 is 2.62 bits per heavy atom. The van der Waals surface area contributed by atoms with E-state index in [2.05, 4.69) is 15.9 Å². The average Bonchev–Trinajstić information content (AvgIpc) is 2.20. The highest BCUT2D eigenvalue weighted by Crippen LogP contribution is 2.31. The van der Waals surface area contributed by atoms with Gasteiger partial charge >= 0.3 is 5.97 Å². The minimum absolute atomic E-state index is 0.170. The van der Waals surface area contributed by atoms with Crippen LogP contribution in [0.3, 0.4) is 0 Å². The number of phenols is 1. The molecule has 1 atom stereocenters. The molecule has 0 fully saturated rings. The molecule has 6 N–H and O–H groups in total. The van der Waals surface area contributed by atoms with Crippen molar-refractivity contribution in [3.8, 4) is 5.75 Å². The van der Waals surface area contributed by atoms with Crippen LogP contribution in [0.1, 0.15) is 28.4 Å². The van der Waals surface area contributed by atoms with Crippen molar-refractivity contribution in [3.63, 3.8) is 0 Å². The number of halogens is 1. The molecule has 0 aliphatic heterocycles. The summed E-state index contributed by atoms with van der Waals surface area (Å²) in [6.45, 7) is 0.371. The van der Waals surface area contributed by atoms with Gasteiger partial charge in [0.25, 0.3) is 0 Å². The van der Waals surface area contributed by atoms with Gasteiger partial charge in [-0.2, -0.15) is 0 Å². The fraction of sp³-hybridized carbons (Fsp3) is 0.300. The second kappa shape index (κ2) is 5.29. The van der Waals surface area contributed by atoms with Crippen LogP contribution in [0, 0.1) is 0 Å². The molecule has 5 nitrogen and oxygen atoms in total. The second-order valence-electron chi connectivity index (χ2n) is 3.38. The first-order chi connectivity index (χ1) is 7.47. The highest BCUT2D eigenvalue weighted by atomic mass is 79.9. The summed E-state index contributed by atoms with van der Waals surface area (Å²) in [5.74, 6) is -1.49. The Bertz CT molecular complexity index is 409. The number of benzene rings is 1. The summed E-state index contributed by atoms with van der Waals surface area (Å²) < 4.78 is 0.560. The van der Waals surface area contributed by atoms with Crippen molar-refractivity contribution in [2.75, 3.05) is 6.54 Å². The van der Waals surface area contributed by atoms with E-state index in [0.717, 1.165) is 0 Å². The van der Waals surface area contributed by atoms with Gasteiger partial charge in [0.1, 0.15) is 11.3 Å². The third-order valence-corrected chi connectivity index (χ3v) is 2.67. The maximum Gasteiger partial charge on any atom is 0.339 e. The fourth-order valence-electron chi connectivity index (χ4n) is 1.40. The van der Waals surface area contributed by atoms with Gasteiger partial charge < -0.3 is 21.7 Å². The van der Waals surface area contributed by atoms with Gasteiger partial charge in [-0.15, -0.1) is 0 Å². The maximum atomic E-state index is 10.9. The van der Waals surface area contributed by atoms with Crippen molar-refractivity contribution >= 4 is 21.9 Å². The first-order valence-corrected chi connectivity index (χ1v) is 5.48. The zero-order valence-electron chi connectivity index (χ0n) is 8.48. The molecule has 1 aromatic rings. The number of aromatic hydroxyl groups is 1. The first kappa shape index (κ1) is 13.0. The molecule has 0 bridgehead atoms. The number of carboxylic acids is 1. The smallest absolute Gasteiger partial charge is 0.339 e. The summed E-state index contributed by atoms with van der Waals surface area (Å²) >= 11 is 3.17. The summed E-state index contributed by atoms with van der Waals surface area (Å²) in [5, 5.41) is 18.6. The van der Waals surface area contributed by atoms with Crippen LogP contribution in [0.15, 0.2) is 16.6 Å². The van der Waals surface area contributed by atoms with Crippen LogP contribution in [0.25, 0.3) is 0 Å². The van der Waals surface area contributed by atoms with Gasteiger partial charge in [0, 0.05) is 16.1 Å². The maximum absolute atomic E-state index is 10.9. The van der Waals surface area contributed by atoms with Crippen molar-refractivity contribution in [2.45, 2.75) is 12.5 Å². The quantitative estimate of drug-likeness (QED) is 0.666. The zero-order valence-corrected chi connectivity index (χ0v) is 10.1. The van der Waals surface area contributed by atoms with Crippen molar-refractivity contribution in [1.29, 1.82) is 0 Å². The lowest BCUT2D eigenvalue weighted by Crippen LogP contribution is -2.16. The Hall–Kier alpha value is -1.11. The predicted octanol–water partition coefficient (Wildman–Crippen LogP) is 1.20. The molecule has 0 spiro atoms. The molecule has 0 aliphatic carbocycles. The molecule has 0 radical (unpaired) electrons. The topological polar surface area (TPSA) is 110 Å². The molecule has 0 saturated carbocycles. The van der Waals surface area contributed by atoms with Gasteiger partial charge in [0.15, 0.2) is 0 Å². The van der Waals surface area contributed by atoms with E-state index in [9.17, 15) is 9.90 Å². The van der Waals surface area contributed by atoms with Crippen LogP contribution in [0.4, 0.5) is 0 Å². The summed E-state index contributed by atoms with van der Waals surface area (Å²) in [4.78, 5) is 10.9. The van der Waals surface area contributed by atoms with Gasteiger partial charge in [0.05, 0.1) is 0 Å². The van der Waals surface area contributed by atoms with E-state index in [4.69, 9.17) is 16.6 Å². The SMILES string of the molecule is NCC[C@H](N)c1cc(Br)cc(C(=O)O)c1O. The van der Waals surface area contributed by atoms with Crippen molar-refractivity contribution < 1.29 is 15.0 Å². The zero-order chi connectivity index (χ0) is 12.3. The number of nitrogens with two attached hydrogens (primary N) is 2. The van der Waals surface area contributed by atoms with E-state index in [0.29, 0.717) is 23.0 Å². The van der Waals surface area contributed by atoms with Crippen LogP contribution in [-0.2, 0) is 0 Å². The molecule has 1 rings (SSSR count). The first-order valence-electron chi connectivity index (χ1n) is 4.68. The number of hydrogen-bond acceptors (Lipinski definition) is 4. The lowest BCUT2D eigenvalue weighted by atomic mass is 10.0. The third-order valence-electron chi connectivity index (χ3n) is 2.21. The number of rotatable bonds is 4. The fourth-order valence-corrected chi connectivity index (χ4v) is 1.88. The Morgan fingerprint density at radius 2 is 2.12 bits per heavy atom. The van der Waals surface area contributed by atoms with Gasteiger partial charge in [-0.3, -0.25) is 0 Å². The van der Waals surface area contributed by atoms with Crippen molar-refractivity contribution in [3.05, 3.63) is 27.7 Å². The molecule has 0 unspecified atom stereocenters. The van der Waals surface area contributed by atoms with Crippen LogP contribution in [-0.4, -0.2) is 22.7 Å². The summed E-state index contributed by atoms with van der Waals surface area (Å²) in [5.41, 5.74) is 11.4. The molecule has 88 valence electrons. The number of aromatic carboxylic acids is 1. The lowest BCUT2D eigenvalue weighted by Gasteiger charge is -2.14. The summed E-state index contributed by atoms with van der Waals surface area (Å²) in [7, 11) is 0. The standard InChI is InChI=1S/C10H13BrN2O3/c11-5-3-6(8(13)1-2-12)9(14)7(4-5)10(15)16/h3-4,8,14H,1-2,12-13H2,(H,15,16)/t8-/m0/s1. The van der Waals surface area contributed by atoms with Crippen LogP contribution in [0.5, 0.6) is 5.75 Å². The van der Waals surface area contributed by atoms with Crippen molar-refractivity contribution in [2.24, 2.45) is 11.5 Å². The highest BCUT2D eigenvalue weighted by molar-refractivity contribution is 9.10. The molecule has 0 saturated heterocycles. The van der Waals surface area contributed by atoms with E-state index in [1.807, 2.05) is 0 Å². The molecule has 0 amide bonds. The molecule has 6 heteroatoms. The van der Waals surface area contributed by atoms with E-state index in [1.165, 1.54) is 6.07 Å². The summed E-state index contributed by atoms with van der Waals surface area (Å²) in [6.07, 6.45) is 0.475. The largest absolute Gasteiger partial charge is 0.507 e. The van der Waals surface area contributed by atoms with E-state index in [1.54, 1.807) is 6.07 Å². The van der Waals surface area contributed by atoms with E-state index < -0.39 is 12.0 Å². The molecule has 0 aliphatic rings. The monoisotopic (exact) mass is 288 g/mol. The normalized spacial score (nSPS) is 12.4. The Balaban J connectivity index is 3.23. The predicted molar refractivity (Wildman–Crippen MR) is 63.4 cm³/mol. The Labute approximate surface area is 101 Å². The molecule has 1 aromatic carbocycles. The third kappa shape index (κ3) is 2.72. The van der Waals surface area contributed by atoms with Gasteiger partial charge in [-0.1, -0.05) is 15.9 Å². The van der Waals surface area contributed by atoms with Crippen LogP contribution in [0.2, 0.25) is 0 Å². The molecule has 16 heavy (non-hydrogen) atoms. The van der Waals surface area contributed by atoms with E-state index >= 15 is 0 Å². The Kier molecular flexibility index (Phi) is 4.28. The minimum atomic E-state index is -1.19. The highest BCUT2D eigenvalue weighted by Gasteiger charge is 2.18. The van der Waals surface area contributed by atoms with E-state index in [-0.39, 0.29) is 11.3 Å². The minimum Gasteiger partial charge on any atom is -0.507 e.